The molecule has 0 bridgehead atoms. The molecule has 5 unspecified atom stereocenters. The number of carbonyl (C=O) groups is 3. The average Bonchev–Trinajstić information content (AvgIpc) is 0.909. The van der Waals surface area contributed by atoms with Crippen molar-refractivity contribution in [1.29, 1.82) is 0 Å². The smallest absolute Gasteiger partial charge is 0.463 e. The van der Waals surface area contributed by atoms with Crippen LogP contribution in [0.3, 0.4) is 0 Å². The van der Waals surface area contributed by atoms with Gasteiger partial charge in [-0.3, -0.25) is 32.5 Å². The molecule has 0 aromatic heterocycles. The Morgan fingerprint density at radius 1 is 0.271 bits per heavy atom. The minimum absolute atomic E-state index is 0.0808. The van der Waals surface area contributed by atoms with Crippen LogP contribution in [0.4, 0.5) is 0 Å². The highest BCUT2D eigenvalue weighted by atomic mass is 31.2. The predicted molar refractivity (Wildman–Crippen MR) is 445 cm³/mol. The molecule has 0 heterocycles. The molecular formula is C89H148O16P2. The molecule has 0 amide bonds. The third-order valence-corrected chi connectivity index (χ3v) is 18.8. The number of unbranched alkanes of at least 4 members (excludes halogenated alkanes) is 26. The number of hydrogen-bond acceptors (Lipinski definition) is 14. The van der Waals surface area contributed by atoms with Gasteiger partial charge in [0.25, 0.3) is 0 Å². The molecule has 0 rings (SSSR count). The molecule has 4 N–H and O–H groups in total. The van der Waals surface area contributed by atoms with E-state index >= 15 is 0 Å². The number of ether oxygens (including phenoxy) is 3. The van der Waals surface area contributed by atoms with Crippen LogP contribution in [-0.4, -0.2) is 95.9 Å². The zero-order valence-electron chi connectivity index (χ0n) is 66.7. The highest BCUT2D eigenvalue weighted by molar-refractivity contribution is 7.47. The highest BCUT2D eigenvalue weighted by Crippen LogP contribution is 2.45. The molecule has 0 aliphatic rings. The van der Waals surface area contributed by atoms with Crippen LogP contribution in [0.25, 0.3) is 0 Å². The minimum atomic E-state index is -4.95. The molecule has 107 heavy (non-hydrogen) atoms. The summed E-state index contributed by atoms with van der Waals surface area (Å²) < 4.78 is 61.3. The standard InChI is InChI=1S/C89H148O16P2/c1-4-7-10-13-16-19-22-25-28-31-34-36-38-40-41-43-45-46-49-51-54-57-60-63-66-69-72-75-87(92)99-78-84(90)79-101-106(95,96)102-80-85(91)81-103-107(97,98)104-83-86(105-89(94)77-74-71-68-65-62-59-56-53-48-33-30-27-24-21-18-15-12-9-6-3)82-100-88(93)76-73-70-67-64-61-58-55-52-50-47-44-42-39-37-35-32-29-26-23-20-17-14-11-8-5-2/h7-8,10-11,16-21,25-30,34-37,40-42,44,48,50,52-53,84-86,90-91H,4-6,9,12-15,22-24,31-33,38-39,43,45-47,49,51,54-83H2,1-3H3,(H,95,96)(H,97,98)/b10-7-,11-8-,19-16-,20-17-,21-18-,28-25-,29-26-,30-27-,36-34-,37-35-,41-40-,44-42-,52-50-,53-48-. The van der Waals surface area contributed by atoms with Gasteiger partial charge in [-0.2, -0.15) is 0 Å². The van der Waals surface area contributed by atoms with Gasteiger partial charge in [0, 0.05) is 19.3 Å². The summed E-state index contributed by atoms with van der Waals surface area (Å²) in [4.78, 5) is 58.8. The molecule has 0 spiro atoms. The van der Waals surface area contributed by atoms with Crippen LogP contribution >= 0.6 is 15.6 Å². The fourth-order valence-corrected chi connectivity index (χ4v) is 12.3. The molecule has 0 saturated heterocycles. The average molecular weight is 1540 g/mol. The number of phosphoric ester groups is 2. The van der Waals surface area contributed by atoms with Gasteiger partial charge >= 0.3 is 33.6 Å². The third-order valence-electron chi connectivity index (χ3n) is 16.9. The first-order valence-electron chi connectivity index (χ1n) is 41.4. The predicted octanol–water partition coefficient (Wildman–Crippen LogP) is 24.8. The summed E-state index contributed by atoms with van der Waals surface area (Å²) in [6, 6.07) is 0. The molecule has 0 saturated carbocycles. The number of hydrogen-bond donors (Lipinski definition) is 4. The summed E-state index contributed by atoms with van der Waals surface area (Å²) in [7, 11) is -9.82. The Kier molecular flexibility index (Phi) is 76.6. The lowest BCUT2D eigenvalue weighted by molar-refractivity contribution is -0.161. The Labute approximate surface area is 650 Å². The second kappa shape index (κ2) is 80.4. The first-order chi connectivity index (χ1) is 52.2. The summed E-state index contributed by atoms with van der Waals surface area (Å²) in [5, 5.41) is 20.7. The molecule has 18 heteroatoms. The van der Waals surface area contributed by atoms with E-state index in [1.165, 1.54) is 64.2 Å². The molecule has 0 aromatic rings. The SMILES string of the molecule is CC/C=C\C/C=C\C/C=C\C/C=C\C/C=C\C/C=C\CCCCCCCCC(=O)OCC(COP(=O)(O)OCC(O)COP(=O)(O)OCC(O)COC(=O)CCCCCCCCCCCCC/C=C\C/C=C\C/C=C\C/C=C\C/C=C\CC)OC(=O)CCCCCCCC/C=C\C/C=C\C/C=C\CCCCC. The molecule has 0 aliphatic carbocycles. The van der Waals surface area contributed by atoms with Crippen molar-refractivity contribution in [1.82, 2.24) is 0 Å². The van der Waals surface area contributed by atoms with Crippen LogP contribution < -0.4 is 0 Å². The maximum atomic E-state index is 13.0. The van der Waals surface area contributed by atoms with Crippen LogP contribution in [0.2, 0.25) is 0 Å². The number of aliphatic hydroxyl groups excluding tert-OH is 2. The molecular weight excluding hydrogens is 1390 g/mol. The van der Waals surface area contributed by atoms with Crippen molar-refractivity contribution in [3.8, 4) is 0 Å². The van der Waals surface area contributed by atoms with E-state index < -0.39 is 91.5 Å². The fourth-order valence-electron chi connectivity index (χ4n) is 10.7. The van der Waals surface area contributed by atoms with Crippen molar-refractivity contribution in [3.05, 3.63) is 170 Å². The number of rotatable bonds is 77. The summed E-state index contributed by atoms with van der Waals surface area (Å²) in [5.41, 5.74) is 0. The Hall–Kier alpha value is -5.09. The zero-order chi connectivity index (χ0) is 78.0. The van der Waals surface area contributed by atoms with Crippen molar-refractivity contribution in [2.24, 2.45) is 0 Å². The molecule has 0 aliphatic heterocycles. The van der Waals surface area contributed by atoms with Gasteiger partial charge in [0.05, 0.1) is 26.4 Å². The van der Waals surface area contributed by atoms with E-state index in [9.17, 15) is 43.5 Å². The Morgan fingerprint density at radius 3 is 0.785 bits per heavy atom. The molecule has 0 radical (unpaired) electrons. The monoisotopic (exact) mass is 1540 g/mol. The van der Waals surface area contributed by atoms with Crippen LogP contribution in [0.15, 0.2) is 170 Å². The molecule has 0 aromatic carbocycles. The van der Waals surface area contributed by atoms with Gasteiger partial charge in [-0.1, -0.05) is 313 Å². The maximum Gasteiger partial charge on any atom is 0.472 e. The third kappa shape index (κ3) is 81.7. The van der Waals surface area contributed by atoms with Gasteiger partial charge in [-0.05, 0) is 154 Å². The normalized spacial score (nSPS) is 14.8. The first-order valence-corrected chi connectivity index (χ1v) is 44.4. The second-order valence-corrected chi connectivity index (χ2v) is 30.1. The lowest BCUT2D eigenvalue weighted by Gasteiger charge is -2.21. The number of aliphatic hydroxyl groups is 2. The van der Waals surface area contributed by atoms with Gasteiger partial charge in [-0.25, -0.2) is 9.13 Å². The topological polar surface area (TPSA) is 231 Å². The lowest BCUT2D eigenvalue weighted by atomic mass is 10.0. The Bertz CT molecular complexity index is 2620. The number of esters is 3. The maximum absolute atomic E-state index is 13.0. The number of phosphoric acid groups is 2. The van der Waals surface area contributed by atoms with Gasteiger partial charge < -0.3 is 34.2 Å². The van der Waals surface area contributed by atoms with E-state index in [1.807, 2.05) is 0 Å². The molecule has 0 fully saturated rings. The van der Waals surface area contributed by atoms with E-state index in [0.29, 0.717) is 19.3 Å². The Balaban J connectivity index is 4.67. The molecule has 5 atom stereocenters. The van der Waals surface area contributed by atoms with Gasteiger partial charge in [0.1, 0.15) is 25.4 Å². The number of carbonyl (C=O) groups excluding carboxylic acids is 3. The first kappa shape index (κ1) is 102. The van der Waals surface area contributed by atoms with Gasteiger partial charge in [-0.15, -0.1) is 0 Å². The van der Waals surface area contributed by atoms with Crippen LogP contribution in [0, 0.1) is 0 Å². The van der Waals surface area contributed by atoms with Gasteiger partial charge in [0.15, 0.2) is 6.10 Å². The van der Waals surface area contributed by atoms with Crippen molar-refractivity contribution < 1.29 is 75.8 Å². The van der Waals surface area contributed by atoms with E-state index in [0.717, 1.165) is 193 Å². The van der Waals surface area contributed by atoms with Crippen LogP contribution in [0.5, 0.6) is 0 Å². The largest absolute Gasteiger partial charge is 0.472 e. The quantitative estimate of drug-likeness (QED) is 0.0146. The van der Waals surface area contributed by atoms with Crippen LogP contribution in [0.1, 0.15) is 316 Å². The van der Waals surface area contributed by atoms with Crippen LogP contribution in [-0.2, 0) is 55.8 Å². The zero-order valence-corrected chi connectivity index (χ0v) is 68.5. The number of allylic oxidation sites excluding steroid dienone is 28. The summed E-state index contributed by atoms with van der Waals surface area (Å²) in [6.45, 7) is 2.40. The van der Waals surface area contributed by atoms with Crippen molar-refractivity contribution in [3.63, 3.8) is 0 Å². The lowest BCUT2D eigenvalue weighted by Crippen LogP contribution is -2.30. The van der Waals surface area contributed by atoms with E-state index in [-0.39, 0.29) is 19.3 Å². The second-order valence-electron chi connectivity index (χ2n) is 27.2. The van der Waals surface area contributed by atoms with E-state index in [1.54, 1.807) is 0 Å². The molecule has 16 nitrogen and oxygen atoms in total. The van der Waals surface area contributed by atoms with Crippen molar-refractivity contribution >= 4 is 33.6 Å². The summed E-state index contributed by atoms with van der Waals surface area (Å²) >= 11 is 0. The van der Waals surface area contributed by atoms with E-state index in [4.69, 9.17) is 32.3 Å². The Morgan fingerprint density at radius 2 is 0.495 bits per heavy atom. The highest BCUT2D eigenvalue weighted by Gasteiger charge is 2.29. The summed E-state index contributed by atoms with van der Waals surface area (Å²) in [6.07, 6.45) is 102. The van der Waals surface area contributed by atoms with E-state index in [2.05, 4.69) is 191 Å². The van der Waals surface area contributed by atoms with Gasteiger partial charge in [0.2, 0.25) is 0 Å². The minimum Gasteiger partial charge on any atom is -0.463 e. The molecule has 610 valence electrons. The van der Waals surface area contributed by atoms with Crippen molar-refractivity contribution in [2.45, 2.75) is 334 Å². The summed E-state index contributed by atoms with van der Waals surface area (Å²) in [5.74, 6) is -1.61. The van der Waals surface area contributed by atoms with Crippen molar-refractivity contribution in [2.75, 3.05) is 39.6 Å². The fraction of sp³-hybridized carbons (Fsp3) is 0.652.